The van der Waals surface area contributed by atoms with Crippen LogP contribution in [-0.4, -0.2) is 31.9 Å². The minimum absolute atomic E-state index is 0.266. The summed E-state index contributed by atoms with van der Waals surface area (Å²) in [7, 11) is -3.48. The molecule has 0 bridgehead atoms. The monoisotopic (exact) mass is 384 g/mol. The highest BCUT2D eigenvalue weighted by Crippen LogP contribution is 2.25. The molecule has 5 heteroatoms. The van der Waals surface area contributed by atoms with Gasteiger partial charge in [0.05, 0.1) is 0 Å². The molecule has 2 aromatic rings. The molecular formula is C22H28N2O2S. The van der Waals surface area contributed by atoms with E-state index in [9.17, 15) is 8.42 Å². The third-order valence-electron chi connectivity index (χ3n) is 5.21. The van der Waals surface area contributed by atoms with Gasteiger partial charge < -0.3 is 0 Å². The summed E-state index contributed by atoms with van der Waals surface area (Å²) in [6, 6.07) is 16.2. The first kappa shape index (κ1) is 19.8. The number of sulfonamides is 1. The number of fused-ring (bicyclic) bond motifs is 1. The molecule has 1 aliphatic rings. The molecule has 0 saturated heterocycles. The number of rotatable bonds is 6. The maximum atomic E-state index is 12.4. The molecule has 3 rings (SSSR count). The van der Waals surface area contributed by atoms with Gasteiger partial charge in [-0.2, -0.15) is 0 Å². The molecule has 1 heterocycles. The second-order valence-corrected chi connectivity index (χ2v) is 9.48. The van der Waals surface area contributed by atoms with Crippen LogP contribution in [0.1, 0.15) is 36.1 Å². The molecule has 0 unspecified atom stereocenters. The van der Waals surface area contributed by atoms with Gasteiger partial charge in [-0.05, 0) is 50.0 Å². The lowest BCUT2D eigenvalue weighted by atomic mass is 9.94. The van der Waals surface area contributed by atoms with Crippen LogP contribution in [0, 0.1) is 6.92 Å². The van der Waals surface area contributed by atoms with Gasteiger partial charge in [-0.1, -0.05) is 54.1 Å². The first-order valence-electron chi connectivity index (χ1n) is 9.31. The molecule has 0 aliphatic carbocycles. The lowest BCUT2D eigenvalue weighted by Gasteiger charge is -2.41. The molecule has 0 spiro atoms. The van der Waals surface area contributed by atoms with Gasteiger partial charge in [0.1, 0.15) is 0 Å². The molecule has 0 atom stereocenters. The van der Waals surface area contributed by atoms with Gasteiger partial charge in [-0.25, -0.2) is 13.1 Å². The van der Waals surface area contributed by atoms with Gasteiger partial charge >= 0.3 is 0 Å². The Morgan fingerprint density at radius 3 is 2.44 bits per heavy atom. The van der Waals surface area contributed by atoms with Crippen molar-refractivity contribution in [1.82, 2.24) is 9.62 Å². The van der Waals surface area contributed by atoms with E-state index < -0.39 is 10.0 Å². The van der Waals surface area contributed by atoms with E-state index in [1.54, 1.807) is 6.08 Å². The standard InChI is InChI=1S/C22H28N2O2S/c1-18-8-10-19(11-9-18)13-15-27(25,26)23-17-22(2,3)24-14-12-20-6-4-5-7-21(20)16-24/h4-11,13,15,23H,12,14,16-17H2,1-3H3. The van der Waals surface area contributed by atoms with Crippen molar-refractivity contribution in [3.8, 4) is 0 Å². The van der Waals surface area contributed by atoms with Crippen LogP contribution in [0.5, 0.6) is 0 Å². The van der Waals surface area contributed by atoms with Crippen molar-refractivity contribution in [1.29, 1.82) is 0 Å². The van der Waals surface area contributed by atoms with Crippen molar-refractivity contribution < 1.29 is 8.42 Å². The van der Waals surface area contributed by atoms with Gasteiger partial charge in [0.2, 0.25) is 10.0 Å². The van der Waals surface area contributed by atoms with Crippen molar-refractivity contribution in [3.05, 3.63) is 76.2 Å². The van der Waals surface area contributed by atoms with Crippen LogP contribution < -0.4 is 4.72 Å². The lowest BCUT2D eigenvalue weighted by molar-refractivity contribution is 0.108. The third-order valence-corrected chi connectivity index (χ3v) is 6.25. The van der Waals surface area contributed by atoms with Crippen LogP contribution in [0.4, 0.5) is 0 Å². The SMILES string of the molecule is Cc1ccc(C=CS(=O)(=O)NCC(C)(C)N2CCc3ccccc3C2)cc1. The van der Waals surface area contributed by atoms with E-state index in [2.05, 4.69) is 47.7 Å². The van der Waals surface area contributed by atoms with E-state index in [0.29, 0.717) is 6.54 Å². The van der Waals surface area contributed by atoms with Crippen molar-refractivity contribution in [2.24, 2.45) is 0 Å². The van der Waals surface area contributed by atoms with Gasteiger partial charge in [0, 0.05) is 30.6 Å². The van der Waals surface area contributed by atoms with E-state index in [1.807, 2.05) is 31.2 Å². The molecule has 0 amide bonds. The largest absolute Gasteiger partial charge is 0.292 e. The van der Waals surface area contributed by atoms with E-state index in [-0.39, 0.29) is 5.54 Å². The summed E-state index contributed by atoms with van der Waals surface area (Å²) in [5, 5.41) is 1.25. The topological polar surface area (TPSA) is 49.4 Å². The van der Waals surface area contributed by atoms with Crippen LogP contribution >= 0.6 is 0 Å². The Bertz CT molecular complexity index is 916. The normalized spacial score (nSPS) is 15.8. The predicted octanol–water partition coefficient (Wildman–Crippen LogP) is 3.72. The average Bonchev–Trinajstić information content (AvgIpc) is 2.66. The van der Waals surface area contributed by atoms with Crippen LogP contribution in [0.25, 0.3) is 6.08 Å². The smallest absolute Gasteiger partial charge is 0.233 e. The minimum Gasteiger partial charge on any atom is -0.292 e. The van der Waals surface area contributed by atoms with Crippen LogP contribution in [-0.2, 0) is 23.0 Å². The Morgan fingerprint density at radius 1 is 1.07 bits per heavy atom. The van der Waals surface area contributed by atoms with Crippen molar-refractivity contribution >= 4 is 16.1 Å². The molecule has 1 N–H and O–H groups in total. The highest BCUT2D eigenvalue weighted by molar-refractivity contribution is 7.92. The predicted molar refractivity (Wildman–Crippen MR) is 112 cm³/mol. The van der Waals surface area contributed by atoms with Crippen LogP contribution in [0.2, 0.25) is 0 Å². The summed E-state index contributed by atoms with van der Waals surface area (Å²) in [5.41, 5.74) is 4.49. The van der Waals surface area contributed by atoms with Crippen molar-refractivity contribution in [2.45, 2.75) is 39.3 Å². The Morgan fingerprint density at radius 2 is 1.74 bits per heavy atom. The Balaban J connectivity index is 1.61. The second-order valence-electron chi connectivity index (χ2n) is 7.83. The molecule has 27 heavy (non-hydrogen) atoms. The summed E-state index contributed by atoms with van der Waals surface area (Å²) in [6.07, 6.45) is 2.63. The van der Waals surface area contributed by atoms with E-state index in [4.69, 9.17) is 0 Å². The number of benzene rings is 2. The summed E-state index contributed by atoms with van der Waals surface area (Å²) in [6.45, 7) is 8.35. The number of aryl methyl sites for hydroxylation is 1. The maximum absolute atomic E-state index is 12.4. The lowest BCUT2D eigenvalue weighted by Crippen LogP contribution is -2.52. The summed E-state index contributed by atoms with van der Waals surface area (Å²) in [5.74, 6) is 0. The molecule has 2 aromatic carbocycles. The van der Waals surface area contributed by atoms with Crippen molar-refractivity contribution in [2.75, 3.05) is 13.1 Å². The van der Waals surface area contributed by atoms with E-state index in [1.165, 1.54) is 16.5 Å². The highest BCUT2D eigenvalue weighted by atomic mass is 32.2. The number of nitrogens with one attached hydrogen (secondary N) is 1. The Kier molecular flexibility index (Phi) is 5.84. The molecule has 1 aliphatic heterocycles. The van der Waals surface area contributed by atoms with Crippen molar-refractivity contribution in [3.63, 3.8) is 0 Å². The molecule has 0 aromatic heterocycles. The number of nitrogens with zero attached hydrogens (tertiary/aromatic N) is 1. The molecule has 0 saturated carbocycles. The Hall–Kier alpha value is -1.95. The number of hydrogen-bond acceptors (Lipinski definition) is 3. The molecule has 4 nitrogen and oxygen atoms in total. The van der Waals surface area contributed by atoms with Gasteiger partial charge in [0.15, 0.2) is 0 Å². The average molecular weight is 385 g/mol. The van der Waals surface area contributed by atoms with Gasteiger partial charge in [-0.3, -0.25) is 4.90 Å². The Labute approximate surface area is 163 Å². The summed E-state index contributed by atoms with van der Waals surface area (Å²) >= 11 is 0. The zero-order chi connectivity index (χ0) is 19.5. The molecule has 0 radical (unpaired) electrons. The first-order chi connectivity index (χ1) is 12.8. The third kappa shape index (κ3) is 5.28. The highest BCUT2D eigenvalue weighted by Gasteiger charge is 2.30. The molecule has 0 fully saturated rings. The summed E-state index contributed by atoms with van der Waals surface area (Å²) in [4.78, 5) is 2.35. The van der Waals surface area contributed by atoms with Crippen LogP contribution in [0.3, 0.4) is 0 Å². The fourth-order valence-electron chi connectivity index (χ4n) is 3.30. The minimum atomic E-state index is -3.48. The molecule has 144 valence electrons. The summed E-state index contributed by atoms with van der Waals surface area (Å²) < 4.78 is 27.5. The van der Waals surface area contributed by atoms with E-state index in [0.717, 1.165) is 30.6 Å². The quantitative estimate of drug-likeness (QED) is 0.826. The second kappa shape index (κ2) is 7.97. The maximum Gasteiger partial charge on any atom is 0.233 e. The number of hydrogen-bond donors (Lipinski definition) is 1. The fourth-order valence-corrected chi connectivity index (χ4v) is 4.28. The van der Waals surface area contributed by atoms with E-state index >= 15 is 0 Å². The van der Waals surface area contributed by atoms with Gasteiger partial charge in [0.25, 0.3) is 0 Å². The first-order valence-corrected chi connectivity index (χ1v) is 10.9. The molecular weight excluding hydrogens is 356 g/mol. The zero-order valence-corrected chi connectivity index (χ0v) is 17.1. The zero-order valence-electron chi connectivity index (χ0n) is 16.3. The van der Waals surface area contributed by atoms with Gasteiger partial charge in [-0.15, -0.1) is 0 Å². The fraction of sp³-hybridized carbons (Fsp3) is 0.364. The van der Waals surface area contributed by atoms with Crippen LogP contribution in [0.15, 0.2) is 53.9 Å².